The minimum Gasteiger partial charge on any atom is -0.366 e. The third-order valence-electron chi connectivity index (χ3n) is 3.50. The molecule has 2 aromatic rings. The Morgan fingerprint density at radius 3 is 2.61 bits per heavy atom. The van der Waals surface area contributed by atoms with E-state index in [-0.39, 0.29) is 11.4 Å². The summed E-state index contributed by atoms with van der Waals surface area (Å²) < 4.78 is 2.17. The summed E-state index contributed by atoms with van der Waals surface area (Å²) in [4.78, 5) is 30.1. The second-order valence-corrected chi connectivity index (χ2v) is 5.31. The summed E-state index contributed by atoms with van der Waals surface area (Å²) in [5, 5.41) is 12.2. The third-order valence-corrected chi connectivity index (χ3v) is 3.50. The van der Waals surface area contributed by atoms with Crippen LogP contribution in [0.5, 0.6) is 0 Å². The molecule has 0 spiro atoms. The van der Waals surface area contributed by atoms with Gasteiger partial charge >= 0.3 is 5.69 Å². The number of pyridine rings is 1. The van der Waals surface area contributed by atoms with Crippen molar-refractivity contribution in [3.05, 3.63) is 50.3 Å². The Kier molecular flexibility index (Phi) is 4.50. The quantitative estimate of drug-likeness (QED) is 0.855. The molecule has 0 saturated heterocycles. The van der Waals surface area contributed by atoms with Gasteiger partial charge in [-0.05, 0) is 17.7 Å². The Balaban J connectivity index is 2.39. The van der Waals surface area contributed by atoms with Crippen molar-refractivity contribution in [3.63, 3.8) is 0 Å². The van der Waals surface area contributed by atoms with Crippen LogP contribution in [0.1, 0.15) is 11.1 Å². The van der Waals surface area contributed by atoms with Gasteiger partial charge in [0, 0.05) is 40.9 Å². The van der Waals surface area contributed by atoms with Gasteiger partial charge in [-0.1, -0.05) is 0 Å². The molecule has 0 amide bonds. The van der Waals surface area contributed by atoms with Gasteiger partial charge in [0.25, 0.3) is 5.56 Å². The number of anilines is 2. The molecule has 2 rings (SSSR count). The van der Waals surface area contributed by atoms with Crippen LogP contribution in [0, 0.1) is 11.3 Å². The van der Waals surface area contributed by atoms with E-state index >= 15 is 0 Å². The molecule has 0 unspecified atom stereocenters. The molecule has 120 valence electrons. The second-order valence-electron chi connectivity index (χ2n) is 5.31. The van der Waals surface area contributed by atoms with Crippen molar-refractivity contribution in [1.82, 2.24) is 14.1 Å². The lowest BCUT2D eigenvalue weighted by Crippen LogP contribution is -2.39. The molecule has 0 radical (unpaired) electrons. The predicted molar refractivity (Wildman–Crippen MR) is 87.5 cm³/mol. The molecule has 23 heavy (non-hydrogen) atoms. The van der Waals surface area contributed by atoms with E-state index in [1.807, 2.05) is 37.2 Å². The average molecular weight is 314 g/mol. The van der Waals surface area contributed by atoms with Crippen LogP contribution in [-0.4, -0.2) is 28.2 Å². The Hall–Kier alpha value is -3.08. The van der Waals surface area contributed by atoms with Gasteiger partial charge in [0.2, 0.25) is 0 Å². The predicted octanol–water partition coefficient (Wildman–Crippen LogP) is 0.0288. The van der Waals surface area contributed by atoms with Gasteiger partial charge in [-0.15, -0.1) is 0 Å². The summed E-state index contributed by atoms with van der Waals surface area (Å²) in [7, 11) is 6.64. The van der Waals surface area contributed by atoms with Crippen LogP contribution in [0.15, 0.2) is 27.9 Å². The second kappa shape index (κ2) is 6.36. The molecular formula is C15H18N6O2. The molecule has 8 nitrogen and oxygen atoms in total. The van der Waals surface area contributed by atoms with Gasteiger partial charge in [-0.2, -0.15) is 5.26 Å². The fourth-order valence-corrected chi connectivity index (χ4v) is 2.15. The molecule has 0 atom stereocenters. The molecule has 0 aromatic carbocycles. The van der Waals surface area contributed by atoms with E-state index in [0.29, 0.717) is 6.54 Å². The highest BCUT2D eigenvalue weighted by molar-refractivity contribution is 5.52. The van der Waals surface area contributed by atoms with Crippen LogP contribution in [0.4, 0.5) is 11.6 Å². The van der Waals surface area contributed by atoms with Crippen molar-refractivity contribution < 1.29 is 0 Å². The lowest BCUT2D eigenvalue weighted by atomic mass is 10.2. The zero-order valence-corrected chi connectivity index (χ0v) is 13.5. The van der Waals surface area contributed by atoms with Gasteiger partial charge in [-0.25, -0.2) is 9.78 Å². The number of aromatic nitrogens is 3. The molecule has 1 N–H and O–H groups in total. The fraction of sp³-hybridized carbons (Fsp3) is 0.333. The van der Waals surface area contributed by atoms with Crippen molar-refractivity contribution in [2.75, 3.05) is 24.3 Å². The number of nitrogens with one attached hydrogen (secondary N) is 1. The average Bonchev–Trinajstić information content (AvgIpc) is 2.55. The maximum atomic E-state index is 12.0. The number of hydrogen-bond donors (Lipinski definition) is 1. The number of nitrogens with zero attached hydrogens (tertiary/aromatic N) is 5. The maximum Gasteiger partial charge on any atom is 0.332 e. The molecule has 8 heteroatoms. The van der Waals surface area contributed by atoms with Crippen LogP contribution in [0.25, 0.3) is 0 Å². The van der Waals surface area contributed by atoms with E-state index in [4.69, 9.17) is 0 Å². The van der Waals surface area contributed by atoms with Gasteiger partial charge in [-0.3, -0.25) is 13.9 Å². The van der Waals surface area contributed by atoms with Gasteiger partial charge in [0.15, 0.2) is 5.56 Å². The van der Waals surface area contributed by atoms with Crippen molar-refractivity contribution in [1.29, 1.82) is 5.26 Å². The smallest absolute Gasteiger partial charge is 0.332 e. The number of rotatable bonds is 4. The molecule has 0 aliphatic heterocycles. The highest BCUT2D eigenvalue weighted by Crippen LogP contribution is 2.13. The van der Waals surface area contributed by atoms with Crippen molar-refractivity contribution in [2.45, 2.75) is 6.54 Å². The van der Waals surface area contributed by atoms with Crippen molar-refractivity contribution in [2.24, 2.45) is 14.1 Å². The molecule has 0 fully saturated rings. The SMILES string of the molecule is CN(C)c1cc(CNc2c(C#N)c(=O)n(C)c(=O)n2C)ccn1. The van der Waals surface area contributed by atoms with Gasteiger partial charge in [0.1, 0.15) is 17.7 Å². The zero-order chi connectivity index (χ0) is 17.1. The monoisotopic (exact) mass is 314 g/mol. The largest absolute Gasteiger partial charge is 0.366 e. The molecule has 2 aromatic heterocycles. The number of hydrogen-bond acceptors (Lipinski definition) is 6. The van der Waals surface area contributed by atoms with Crippen LogP contribution in [0.2, 0.25) is 0 Å². The topological polar surface area (TPSA) is 96.0 Å². The van der Waals surface area contributed by atoms with Crippen LogP contribution >= 0.6 is 0 Å². The van der Waals surface area contributed by atoms with E-state index in [1.54, 1.807) is 6.20 Å². The molecular weight excluding hydrogens is 296 g/mol. The maximum absolute atomic E-state index is 12.0. The molecule has 0 bridgehead atoms. The third kappa shape index (κ3) is 3.08. The Labute approximate surface area is 133 Å². The minimum absolute atomic E-state index is 0.0866. The lowest BCUT2D eigenvalue weighted by Gasteiger charge is -2.15. The van der Waals surface area contributed by atoms with Crippen LogP contribution < -0.4 is 21.5 Å². The van der Waals surface area contributed by atoms with E-state index in [9.17, 15) is 14.9 Å². The minimum atomic E-state index is -0.609. The molecule has 0 aliphatic carbocycles. The first-order chi connectivity index (χ1) is 10.9. The van der Waals surface area contributed by atoms with E-state index < -0.39 is 11.2 Å². The summed E-state index contributed by atoms with van der Waals surface area (Å²) in [5.74, 6) is 1.01. The zero-order valence-electron chi connectivity index (χ0n) is 13.5. The Morgan fingerprint density at radius 2 is 2.00 bits per heavy atom. The highest BCUT2D eigenvalue weighted by atomic mass is 16.2. The van der Waals surface area contributed by atoms with E-state index in [2.05, 4.69) is 10.3 Å². The highest BCUT2D eigenvalue weighted by Gasteiger charge is 2.15. The summed E-state index contributed by atoms with van der Waals surface area (Å²) in [5.41, 5.74) is -0.265. The van der Waals surface area contributed by atoms with Crippen LogP contribution in [-0.2, 0) is 20.6 Å². The Bertz CT molecular complexity index is 888. The normalized spacial score (nSPS) is 10.2. The van der Waals surface area contributed by atoms with Crippen molar-refractivity contribution >= 4 is 11.6 Å². The van der Waals surface area contributed by atoms with Crippen LogP contribution in [0.3, 0.4) is 0 Å². The summed E-state index contributed by atoms with van der Waals surface area (Å²) in [6, 6.07) is 5.57. The first kappa shape index (κ1) is 16.3. The lowest BCUT2D eigenvalue weighted by molar-refractivity contribution is 0.685. The molecule has 0 aliphatic rings. The fourth-order valence-electron chi connectivity index (χ4n) is 2.15. The summed E-state index contributed by atoms with van der Waals surface area (Å²) in [6.07, 6.45) is 1.68. The first-order valence-corrected chi connectivity index (χ1v) is 6.93. The van der Waals surface area contributed by atoms with Gasteiger partial charge in [0.05, 0.1) is 0 Å². The summed E-state index contributed by atoms with van der Waals surface area (Å²) in [6.45, 7) is 0.360. The van der Waals surface area contributed by atoms with E-state index in [1.165, 1.54) is 18.7 Å². The first-order valence-electron chi connectivity index (χ1n) is 6.93. The van der Waals surface area contributed by atoms with Gasteiger partial charge < -0.3 is 10.2 Å². The standard InChI is InChI=1S/C15H18N6O2/c1-19(2)12-7-10(5-6-17-12)9-18-13-11(8-16)14(22)21(4)15(23)20(13)3/h5-7,18H,9H2,1-4H3. The van der Waals surface area contributed by atoms with Crippen molar-refractivity contribution in [3.8, 4) is 6.07 Å². The van der Waals surface area contributed by atoms with E-state index in [0.717, 1.165) is 15.9 Å². The number of nitriles is 1. The molecule has 2 heterocycles. The summed E-state index contributed by atoms with van der Waals surface area (Å²) >= 11 is 0. The molecule has 0 saturated carbocycles. The Morgan fingerprint density at radius 1 is 1.30 bits per heavy atom.